The Morgan fingerprint density at radius 1 is 1.35 bits per heavy atom. The molecule has 1 N–H and O–H groups in total. The van der Waals surface area contributed by atoms with E-state index in [0.717, 1.165) is 17.8 Å². The van der Waals surface area contributed by atoms with Crippen molar-refractivity contribution in [1.29, 1.82) is 0 Å². The van der Waals surface area contributed by atoms with Crippen molar-refractivity contribution >= 4 is 0 Å². The summed E-state index contributed by atoms with van der Waals surface area (Å²) in [7, 11) is 0. The van der Waals surface area contributed by atoms with Crippen LogP contribution >= 0.6 is 0 Å². The number of rotatable bonds is 5. The van der Waals surface area contributed by atoms with Gasteiger partial charge in [0.25, 0.3) is 0 Å². The molecule has 0 aliphatic heterocycles. The van der Waals surface area contributed by atoms with Gasteiger partial charge in [-0.1, -0.05) is 23.8 Å². The smallest absolute Gasteiger partial charge is 0.00729 e. The van der Waals surface area contributed by atoms with E-state index in [0.29, 0.717) is 6.04 Å². The Morgan fingerprint density at radius 3 is 2.94 bits per heavy atom. The number of hydrogen-bond acceptors (Lipinski definition) is 1. The Morgan fingerprint density at radius 2 is 2.29 bits per heavy atom. The molecular weight excluding hydrogens is 206 g/mol. The summed E-state index contributed by atoms with van der Waals surface area (Å²) in [6.07, 6.45) is 15.6. The largest absolute Gasteiger partial charge is 0.314 e. The summed E-state index contributed by atoms with van der Waals surface area (Å²) in [5, 5.41) is 3.76. The molecule has 0 aromatic carbocycles. The molecule has 0 spiro atoms. The summed E-state index contributed by atoms with van der Waals surface area (Å²) in [5.41, 5.74) is 1.69. The molecular formula is C16H25N. The Hall–Kier alpha value is -0.560. The lowest BCUT2D eigenvalue weighted by Crippen LogP contribution is -2.36. The molecule has 2 bridgehead atoms. The monoisotopic (exact) mass is 231 g/mol. The van der Waals surface area contributed by atoms with E-state index in [1.807, 2.05) is 0 Å². The molecule has 1 nitrogen and oxygen atoms in total. The van der Waals surface area contributed by atoms with Gasteiger partial charge >= 0.3 is 0 Å². The molecule has 0 amide bonds. The van der Waals surface area contributed by atoms with E-state index in [-0.39, 0.29) is 0 Å². The van der Waals surface area contributed by atoms with Gasteiger partial charge in [-0.25, -0.2) is 0 Å². The predicted octanol–water partition coefficient (Wildman–Crippen LogP) is 3.68. The quantitative estimate of drug-likeness (QED) is 0.712. The number of allylic oxidation sites excluding steroid dienone is 3. The van der Waals surface area contributed by atoms with Crippen LogP contribution in [0.15, 0.2) is 23.8 Å². The maximum absolute atomic E-state index is 3.76. The maximum Gasteiger partial charge on any atom is 0.00729 e. The summed E-state index contributed by atoms with van der Waals surface area (Å²) in [4.78, 5) is 0. The van der Waals surface area contributed by atoms with Gasteiger partial charge in [-0.3, -0.25) is 0 Å². The van der Waals surface area contributed by atoms with Gasteiger partial charge in [0.15, 0.2) is 0 Å². The van der Waals surface area contributed by atoms with Crippen LogP contribution in [0.2, 0.25) is 0 Å². The predicted molar refractivity (Wildman–Crippen MR) is 72.9 cm³/mol. The molecule has 3 aliphatic rings. The van der Waals surface area contributed by atoms with Crippen LogP contribution in [-0.4, -0.2) is 12.6 Å². The first-order valence-electron chi connectivity index (χ1n) is 7.42. The third-order valence-corrected chi connectivity index (χ3v) is 5.02. The minimum atomic E-state index is 0.706. The van der Waals surface area contributed by atoms with Crippen LogP contribution in [0, 0.1) is 17.8 Å². The summed E-state index contributed by atoms with van der Waals surface area (Å²) >= 11 is 0. The van der Waals surface area contributed by atoms with Crippen molar-refractivity contribution in [1.82, 2.24) is 5.32 Å². The lowest BCUT2D eigenvalue weighted by atomic mass is 9.87. The molecule has 0 saturated heterocycles. The van der Waals surface area contributed by atoms with Crippen LogP contribution in [0.25, 0.3) is 0 Å². The van der Waals surface area contributed by atoms with Crippen LogP contribution in [0.5, 0.6) is 0 Å². The van der Waals surface area contributed by atoms with Crippen LogP contribution in [0.1, 0.15) is 45.4 Å². The standard InChI is InChI=1S/C16H25N/c1-12(16-11-14-6-7-15(16)10-14)17-9-8-13-4-2-3-5-13/h4,6-7,12,14-17H,2-3,5,8-11H2,1H3. The van der Waals surface area contributed by atoms with Crippen molar-refractivity contribution < 1.29 is 0 Å². The van der Waals surface area contributed by atoms with Gasteiger partial charge in [0.05, 0.1) is 0 Å². The molecule has 3 rings (SSSR count). The minimum Gasteiger partial charge on any atom is -0.314 e. The molecule has 4 unspecified atom stereocenters. The first-order chi connectivity index (χ1) is 8.33. The lowest BCUT2D eigenvalue weighted by Gasteiger charge is -2.26. The van der Waals surface area contributed by atoms with Crippen molar-refractivity contribution in [2.45, 2.75) is 51.5 Å². The fourth-order valence-corrected chi connectivity index (χ4v) is 3.97. The van der Waals surface area contributed by atoms with E-state index in [1.165, 1.54) is 45.1 Å². The fraction of sp³-hybridized carbons (Fsp3) is 0.750. The van der Waals surface area contributed by atoms with Gasteiger partial charge in [-0.05, 0) is 69.7 Å². The average molecular weight is 231 g/mol. The Kier molecular flexibility index (Phi) is 3.37. The maximum atomic E-state index is 3.76. The zero-order chi connectivity index (χ0) is 11.7. The lowest BCUT2D eigenvalue weighted by molar-refractivity contribution is 0.329. The van der Waals surface area contributed by atoms with Gasteiger partial charge in [-0.2, -0.15) is 0 Å². The van der Waals surface area contributed by atoms with Crippen LogP contribution < -0.4 is 5.32 Å². The van der Waals surface area contributed by atoms with Gasteiger partial charge in [0, 0.05) is 6.04 Å². The third kappa shape index (κ3) is 2.49. The highest BCUT2D eigenvalue weighted by atomic mass is 14.9. The molecule has 1 heteroatoms. The zero-order valence-electron chi connectivity index (χ0n) is 11.0. The summed E-state index contributed by atoms with van der Waals surface area (Å²) in [5.74, 6) is 2.70. The molecule has 3 aliphatic carbocycles. The molecule has 1 saturated carbocycles. The van der Waals surface area contributed by atoms with Crippen molar-refractivity contribution in [3.63, 3.8) is 0 Å². The first-order valence-corrected chi connectivity index (χ1v) is 7.42. The Balaban J connectivity index is 1.41. The SMILES string of the molecule is CC(NCCC1=CCCC1)C1CC2C=CC1C2. The normalized spacial score (nSPS) is 36.5. The molecule has 0 radical (unpaired) electrons. The van der Waals surface area contributed by atoms with Crippen LogP contribution in [0.3, 0.4) is 0 Å². The Bertz CT molecular complexity index is 328. The third-order valence-electron chi connectivity index (χ3n) is 5.02. The number of fused-ring (bicyclic) bond motifs is 2. The highest BCUT2D eigenvalue weighted by Crippen LogP contribution is 2.44. The van der Waals surface area contributed by atoms with Crippen molar-refractivity contribution in [2.24, 2.45) is 17.8 Å². The second-order valence-electron chi connectivity index (χ2n) is 6.19. The van der Waals surface area contributed by atoms with E-state index in [1.54, 1.807) is 5.57 Å². The summed E-state index contributed by atoms with van der Waals surface area (Å²) < 4.78 is 0. The van der Waals surface area contributed by atoms with Crippen molar-refractivity contribution in [3.8, 4) is 0 Å². The van der Waals surface area contributed by atoms with Crippen molar-refractivity contribution in [3.05, 3.63) is 23.8 Å². The topological polar surface area (TPSA) is 12.0 Å². The molecule has 94 valence electrons. The van der Waals surface area contributed by atoms with Gasteiger partial charge in [-0.15, -0.1) is 0 Å². The Labute approximate surface area is 105 Å². The number of nitrogens with one attached hydrogen (secondary N) is 1. The van der Waals surface area contributed by atoms with Crippen LogP contribution in [0.4, 0.5) is 0 Å². The molecule has 17 heavy (non-hydrogen) atoms. The second kappa shape index (κ2) is 4.97. The van der Waals surface area contributed by atoms with Gasteiger partial charge < -0.3 is 5.32 Å². The highest BCUT2D eigenvalue weighted by Gasteiger charge is 2.38. The van der Waals surface area contributed by atoms with Crippen molar-refractivity contribution in [2.75, 3.05) is 6.54 Å². The zero-order valence-corrected chi connectivity index (χ0v) is 11.0. The van der Waals surface area contributed by atoms with Crippen LogP contribution in [-0.2, 0) is 0 Å². The molecule has 0 aromatic rings. The molecule has 0 aromatic heterocycles. The average Bonchev–Trinajstić information content (AvgIpc) is 3.05. The van der Waals surface area contributed by atoms with E-state index in [2.05, 4.69) is 30.5 Å². The summed E-state index contributed by atoms with van der Waals surface area (Å²) in [6, 6.07) is 0.706. The summed E-state index contributed by atoms with van der Waals surface area (Å²) in [6.45, 7) is 3.58. The van der Waals surface area contributed by atoms with E-state index in [9.17, 15) is 0 Å². The van der Waals surface area contributed by atoms with E-state index >= 15 is 0 Å². The fourth-order valence-electron chi connectivity index (χ4n) is 3.97. The van der Waals surface area contributed by atoms with Gasteiger partial charge in [0.2, 0.25) is 0 Å². The first kappa shape index (κ1) is 11.5. The second-order valence-corrected chi connectivity index (χ2v) is 6.19. The number of hydrogen-bond donors (Lipinski definition) is 1. The molecule has 0 heterocycles. The minimum absolute atomic E-state index is 0.706. The van der Waals surface area contributed by atoms with E-state index < -0.39 is 0 Å². The molecule has 4 atom stereocenters. The van der Waals surface area contributed by atoms with E-state index in [4.69, 9.17) is 0 Å². The molecule has 1 fully saturated rings. The highest BCUT2D eigenvalue weighted by molar-refractivity contribution is 5.12. The van der Waals surface area contributed by atoms with Gasteiger partial charge in [0.1, 0.15) is 0 Å².